The number of aliphatic imine (C=N–C) groups is 1. The summed E-state index contributed by atoms with van der Waals surface area (Å²) in [5.41, 5.74) is 23.0. The van der Waals surface area contributed by atoms with Crippen LogP contribution in [-0.4, -0.2) is 183 Å². The predicted octanol–water partition coefficient (Wildman–Crippen LogP) is -4.42. The molecule has 0 bridgehead atoms. The van der Waals surface area contributed by atoms with Crippen molar-refractivity contribution in [2.45, 2.75) is 139 Å². The molecule has 2 aromatic carbocycles. The van der Waals surface area contributed by atoms with E-state index in [2.05, 4.69) is 42.2 Å². The van der Waals surface area contributed by atoms with Crippen molar-refractivity contribution < 1.29 is 68.1 Å². The number of carbonyl (C=O) groups excluding carboxylic acids is 10. The number of aromatic hydroxyl groups is 1. The Morgan fingerprint density at radius 2 is 1.23 bits per heavy atom. The van der Waals surface area contributed by atoms with Gasteiger partial charge in [0.2, 0.25) is 59.1 Å². The Morgan fingerprint density at radius 3 is 1.81 bits per heavy atom. The van der Waals surface area contributed by atoms with E-state index in [0.717, 1.165) is 4.90 Å². The van der Waals surface area contributed by atoms with E-state index in [-0.39, 0.29) is 69.9 Å². The zero-order valence-electron chi connectivity index (χ0n) is 45.1. The average Bonchev–Trinajstić information content (AvgIpc) is 4.12. The van der Waals surface area contributed by atoms with Gasteiger partial charge in [0.05, 0.1) is 31.7 Å². The molecule has 0 unspecified atom stereocenters. The van der Waals surface area contributed by atoms with Gasteiger partial charge in [-0.2, -0.15) is 0 Å². The number of aliphatic hydroxyl groups is 1. The molecule has 18 N–H and O–H groups in total. The van der Waals surface area contributed by atoms with E-state index in [1.54, 1.807) is 44.2 Å². The molecule has 0 aliphatic carbocycles. The minimum atomic E-state index is -1.63. The SMILES string of the molecule is CC[C@H](C)[C@H](NC(=O)CNC(=O)[C@@H]1CCCN1C(=O)CNC(=O)[C@@H]1CCCN1C(=O)[C@@H](NC(=O)[C@H](Cc1ccc(O)cc1)NC(=O)[C@@H](N)CC(N)=O)[C@@H](C)O)C(=O)N[C@@H](CCCN=C(N)N)C(=O)N[C@@H](Cc1ccccc1)C(=O)O. The van der Waals surface area contributed by atoms with E-state index in [1.165, 1.54) is 36.1 Å². The van der Waals surface area contributed by atoms with E-state index in [1.807, 2.05) is 0 Å². The van der Waals surface area contributed by atoms with Gasteiger partial charge in [-0.05, 0) is 74.6 Å². The number of rotatable bonds is 30. The van der Waals surface area contributed by atoms with Crippen molar-refractivity contribution in [3.8, 4) is 5.75 Å². The van der Waals surface area contributed by atoms with Crippen molar-refractivity contribution in [3.63, 3.8) is 0 Å². The first kappa shape index (κ1) is 64.1. The van der Waals surface area contributed by atoms with Crippen LogP contribution in [0.25, 0.3) is 0 Å². The summed E-state index contributed by atoms with van der Waals surface area (Å²) >= 11 is 0. The number of nitrogens with two attached hydrogens (primary N) is 4. The van der Waals surface area contributed by atoms with Crippen LogP contribution >= 0.6 is 0 Å². The van der Waals surface area contributed by atoms with Crippen molar-refractivity contribution in [2.75, 3.05) is 32.7 Å². The summed E-state index contributed by atoms with van der Waals surface area (Å²) in [6.07, 6.45) is -0.585. The number of carboxylic acid groups (broad SMARTS) is 1. The molecule has 10 atom stereocenters. The Balaban J connectivity index is 1.35. The van der Waals surface area contributed by atoms with Crippen molar-refractivity contribution in [1.29, 1.82) is 0 Å². The maximum atomic E-state index is 14.0. The highest BCUT2D eigenvalue weighted by Gasteiger charge is 2.41. The molecule has 2 fully saturated rings. The minimum Gasteiger partial charge on any atom is -0.508 e. The van der Waals surface area contributed by atoms with Crippen LogP contribution in [0.5, 0.6) is 5.75 Å². The Labute approximate surface area is 462 Å². The number of hydrogen-bond donors (Lipinski definition) is 14. The summed E-state index contributed by atoms with van der Waals surface area (Å²) in [4.78, 5) is 152. The first-order valence-corrected chi connectivity index (χ1v) is 26.4. The van der Waals surface area contributed by atoms with E-state index in [9.17, 15) is 68.1 Å². The summed E-state index contributed by atoms with van der Waals surface area (Å²) in [6.45, 7) is 3.75. The number of primary amides is 1. The fourth-order valence-electron chi connectivity index (χ4n) is 9.08. The molecule has 0 spiro atoms. The molecule has 0 radical (unpaired) electrons. The smallest absolute Gasteiger partial charge is 0.326 e. The number of hydrogen-bond acceptors (Lipinski definition) is 15. The normalized spacial score (nSPS) is 17.8. The standard InChI is InChI=1S/C52H76N14O14/c1-4-28(2)42(49(77)60-34(13-8-20-57-52(55)56)45(73)62-36(51(79)80)24-30-11-6-5-7-12-30)63-40(70)26-58-47(75)37-14-9-21-65(37)41(71)27-59-48(76)38-15-10-22-66(38)50(78)43(29(3)67)64-46(74)35(23-31-16-18-32(68)19-17-31)61-44(72)33(53)25-39(54)69/h5-7,11-12,16-19,28-29,33-38,42-43,67-68H,4,8-10,13-15,20-27,53H2,1-3H3,(H2,54,69)(H,58,75)(H,59,76)(H,60,77)(H,61,72)(H,62,73)(H,63,70)(H,64,74)(H,79,80)(H4,55,56,57)/t28-,29+,33-,34-,35-,36-,37-,38-,42-,43-/m0/s1. The summed E-state index contributed by atoms with van der Waals surface area (Å²) in [6, 6.07) is 3.81. The number of likely N-dealkylation sites (tertiary alicyclic amines) is 2. The Bertz CT molecular complexity index is 2550. The third-order valence-electron chi connectivity index (χ3n) is 13.7. The second-order valence-electron chi connectivity index (χ2n) is 19.8. The van der Waals surface area contributed by atoms with Gasteiger partial charge >= 0.3 is 5.97 Å². The Kier molecular flexibility index (Phi) is 25.1. The summed E-state index contributed by atoms with van der Waals surface area (Å²) in [5, 5.41) is 48.1. The van der Waals surface area contributed by atoms with Crippen LogP contribution in [0.3, 0.4) is 0 Å². The van der Waals surface area contributed by atoms with E-state index in [0.29, 0.717) is 30.4 Å². The number of phenols is 1. The molecule has 28 heteroatoms. The molecule has 80 heavy (non-hydrogen) atoms. The van der Waals surface area contributed by atoms with Gasteiger partial charge in [0.25, 0.3) is 0 Å². The maximum Gasteiger partial charge on any atom is 0.326 e. The highest BCUT2D eigenvalue weighted by atomic mass is 16.4. The molecule has 2 aromatic rings. The zero-order valence-corrected chi connectivity index (χ0v) is 45.1. The molecule has 438 valence electrons. The quantitative estimate of drug-likeness (QED) is 0.0199. The Morgan fingerprint density at radius 1 is 0.675 bits per heavy atom. The first-order valence-electron chi connectivity index (χ1n) is 26.4. The number of benzene rings is 2. The van der Waals surface area contributed by atoms with E-state index in [4.69, 9.17) is 22.9 Å². The second-order valence-corrected chi connectivity index (χ2v) is 19.8. The maximum absolute atomic E-state index is 14.0. The number of aliphatic carboxylic acids is 1. The number of nitrogens with one attached hydrogen (secondary N) is 7. The largest absolute Gasteiger partial charge is 0.508 e. The van der Waals surface area contributed by atoms with Crippen LogP contribution < -0.4 is 60.2 Å². The molecule has 2 aliphatic heterocycles. The van der Waals surface area contributed by atoms with Gasteiger partial charge in [-0.1, -0.05) is 62.7 Å². The minimum absolute atomic E-state index is 0.0101. The number of aliphatic hydroxyl groups excluding tert-OH is 1. The fraction of sp³-hybridized carbons (Fsp3) is 0.538. The number of phenolic OH excluding ortho intramolecular Hbond substituents is 1. The predicted molar refractivity (Wildman–Crippen MR) is 288 cm³/mol. The molecular weight excluding hydrogens is 1040 g/mol. The van der Waals surface area contributed by atoms with Crippen LogP contribution in [0.2, 0.25) is 0 Å². The molecule has 0 saturated carbocycles. The number of nitrogens with zero attached hydrogens (tertiary/aromatic N) is 3. The lowest BCUT2D eigenvalue weighted by Crippen LogP contribution is -2.61. The van der Waals surface area contributed by atoms with Gasteiger partial charge in [0.1, 0.15) is 48.0 Å². The fourth-order valence-corrected chi connectivity index (χ4v) is 9.08. The van der Waals surface area contributed by atoms with Crippen LogP contribution in [0.15, 0.2) is 59.6 Å². The molecule has 2 aliphatic rings. The van der Waals surface area contributed by atoms with Crippen LogP contribution in [0.4, 0.5) is 0 Å². The van der Waals surface area contributed by atoms with E-state index < -0.39 is 145 Å². The van der Waals surface area contributed by atoms with Gasteiger partial charge in [-0.15, -0.1) is 0 Å². The summed E-state index contributed by atoms with van der Waals surface area (Å²) in [7, 11) is 0. The lowest BCUT2D eigenvalue weighted by atomic mass is 9.97. The number of carboxylic acids is 1. The summed E-state index contributed by atoms with van der Waals surface area (Å²) in [5.74, 6) is -10.0. The first-order chi connectivity index (χ1) is 37.9. The lowest BCUT2D eigenvalue weighted by molar-refractivity contribution is -0.144. The van der Waals surface area contributed by atoms with Gasteiger partial charge in [-0.3, -0.25) is 52.9 Å². The third-order valence-corrected chi connectivity index (χ3v) is 13.7. The summed E-state index contributed by atoms with van der Waals surface area (Å²) < 4.78 is 0. The van der Waals surface area contributed by atoms with Gasteiger partial charge in [-0.25, -0.2) is 4.79 Å². The molecule has 2 heterocycles. The average molecular weight is 1120 g/mol. The van der Waals surface area contributed by atoms with Crippen LogP contribution in [0, 0.1) is 5.92 Å². The zero-order chi connectivity index (χ0) is 59.2. The van der Waals surface area contributed by atoms with Gasteiger partial charge < -0.3 is 85.3 Å². The van der Waals surface area contributed by atoms with E-state index >= 15 is 0 Å². The molecule has 28 nitrogen and oxygen atoms in total. The monoisotopic (exact) mass is 1120 g/mol. The number of guanidine groups is 1. The molecule has 4 rings (SSSR count). The second kappa shape index (κ2) is 31.3. The lowest BCUT2D eigenvalue weighted by Gasteiger charge is -2.31. The number of carbonyl (C=O) groups is 11. The van der Waals surface area contributed by atoms with Crippen molar-refractivity contribution in [3.05, 3.63) is 65.7 Å². The molecule has 0 aromatic heterocycles. The molecule has 10 amide bonds. The highest BCUT2D eigenvalue weighted by molar-refractivity contribution is 5.98. The van der Waals surface area contributed by atoms with Gasteiger partial charge in [0.15, 0.2) is 5.96 Å². The molecule has 2 saturated heterocycles. The van der Waals surface area contributed by atoms with Crippen molar-refractivity contribution >= 4 is 71.0 Å². The molecular formula is C52H76N14O14. The Hall–Kier alpha value is -8.40. The van der Waals surface area contributed by atoms with Gasteiger partial charge in [0, 0.05) is 32.5 Å². The highest BCUT2D eigenvalue weighted by Crippen LogP contribution is 2.21. The van der Waals surface area contributed by atoms with Crippen molar-refractivity contribution in [2.24, 2.45) is 33.8 Å². The van der Waals surface area contributed by atoms with Crippen molar-refractivity contribution in [1.82, 2.24) is 47.0 Å². The number of amides is 10. The van der Waals surface area contributed by atoms with Crippen LogP contribution in [0.1, 0.15) is 83.3 Å². The third kappa shape index (κ3) is 19.8. The topological polar surface area (TPSA) is 456 Å². The van der Waals surface area contributed by atoms with Crippen LogP contribution in [-0.2, 0) is 65.6 Å².